The van der Waals surface area contributed by atoms with Crippen LogP contribution >= 0.6 is 0 Å². The molecule has 0 aromatic carbocycles. The van der Waals surface area contributed by atoms with Crippen LogP contribution in [0.3, 0.4) is 0 Å². The molecule has 1 rings (SSSR count). The molecule has 2 N–H and O–H groups in total. The minimum Gasteiger partial charge on any atom is -0.330 e. The number of nitrogens with two attached hydrogens (primary N) is 1. The van der Waals surface area contributed by atoms with E-state index >= 15 is 0 Å². The Morgan fingerprint density at radius 3 is 1.88 bits per heavy atom. The molecule has 2 atom stereocenters. The van der Waals surface area contributed by atoms with Crippen molar-refractivity contribution in [1.82, 2.24) is 0 Å². The van der Waals surface area contributed by atoms with Gasteiger partial charge in [-0.3, -0.25) is 0 Å². The molecule has 2 unspecified atom stereocenters. The maximum Gasteiger partial charge on any atom is -0.00744 e. The molecule has 0 bridgehead atoms. The molecule has 0 saturated heterocycles. The van der Waals surface area contributed by atoms with Crippen LogP contribution in [0.15, 0.2) is 0 Å². The fourth-order valence-electron chi connectivity index (χ4n) is 1.48. The molecule has 1 fully saturated rings. The largest absolute Gasteiger partial charge is 0.330 e. The maximum atomic E-state index is 5.39. The van der Waals surface area contributed by atoms with Crippen molar-refractivity contribution in [3.05, 3.63) is 0 Å². The van der Waals surface area contributed by atoms with E-state index in [4.69, 9.17) is 5.73 Å². The maximum absolute atomic E-state index is 5.39. The smallest absolute Gasteiger partial charge is 0.00744 e. The van der Waals surface area contributed by atoms with Gasteiger partial charge in [0.15, 0.2) is 0 Å². The molecule has 1 aliphatic carbocycles. The summed E-state index contributed by atoms with van der Waals surface area (Å²) in [4.78, 5) is 0. The second-order valence-electron chi connectivity index (χ2n) is 2.96. The van der Waals surface area contributed by atoms with Gasteiger partial charge in [-0.1, -0.05) is 13.8 Å². The molecule has 0 radical (unpaired) electrons. The average molecular weight is 113 g/mol. The summed E-state index contributed by atoms with van der Waals surface area (Å²) in [5, 5.41) is 0. The van der Waals surface area contributed by atoms with Crippen molar-refractivity contribution < 1.29 is 0 Å². The first-order chi connectivity index (χ1) is 3.77. The van der Waals surface area contributed by atoms with Gasteiger partial charge in [0.1, 0.15) is 0 Å². The van der Waals surface area contributed by atoms with E-state index in [1.165, 1.54) is 6.42 Å². The van der Waals surface area contributed by atoms with Crippen LogP contribution in [0.2, 0.25) is 0 Å². The van der Waals surface area contributed by atoms with Gasteiger partial charge in [-0.15, -0.1) is 0 Å². The number of hydrogen-bond donors (Lipinski definition) is 1. The Balaban J connectivity index is 2.13. The highest BCUT2D eigenvalue weighted by molar-refractivity contribution is 4.90. The lowest BCUT2D eigenvalue weighted by Gasteiger charge is -1.88. The zero-order chi connectivity index (χ0) is 6.15. The Morgan fingerprint density at radius 1 is 1.25 bits per heavy atom. The first kappa shape index (κ1) is 6.09. The van der Waals surface area contributed by atoms with Crippen LogP contribution in [-0.2, 0) is 0 Å². The molecule has 0 aromatic rings. The van der Waals surface area contributed by atoms with Gasteiger partial charge in [0, 0.05) is 0 Å². The van der Waals surface area contributed by atoms with Crippen LogP contribution in [0.1, 0.15) is 20.3 Å². The lowest BCUT2D eigenvalue weighted by molar-refractivity contribution is 0.667. The van der Waals surface area contributed by atoms with Crippen molar-refractivity contribution in [3.63, 3.8) is 0 Å². The van der Waals surface area contributed by atoms with Gasteiger partial charge in [0.25, 0.3) is 0 Å². The summed E-state index contributed by atoms with van der Waals surface area (Å²) in [5.41, 5.74) is 5.39. The molecule has 48 valence electrons. The lowest BCUT2D eigenvalue weighted by Crippen LogP contribution is -1.99. The zero-order valence-corrected chi connectivity index (χ0v) is 5.72. The normalized spacial score (nSPS) is 44.6. The Kier molecular flexibility index (Phi) is 1.57. The van der Waals surface area contributed by atoms with E-state index in [2.05, 4.69) is 13.8 Å². The highest BCUT2D eigenvalue weighted by Gasteiger charge is 2.41. The third-order valence-corrected chi connectivity index (χ3v) is 2.54. The molecule has 0 spiro atoms. The summed E-state index contributed by atoms with van der Waals surface area (Å²) in [6, 6.07) is 0. The molecule has 1 aliphatic rings. The van der Waals surface area contributed by atoms with E-state index in [-0.39, 0.29) is 0 Å². The van der Waals surface area contributed by atoms with Crippen molar-refractivity contribution in [2.75, 3.05) is 6.54 Å². The second kappa shape index (κ2) is 2.06. The van der Waals surface area contributed by atoms with Crippen molar-refractivity contribution >= 4 is 0 Å². The predicted octanol–water partition coefficient (Wildman–Crippen LogP) is 1.24. The first-order valence-electron chi connectivity index (χ1n) is 3.47. The van der Waals surface area contributed by atoms with E-state index in [0.717, 1.165) is 24.3 Å². The van der Waals surface area contributed by atoms with Gasteiger partial charge in [0.2, 0.25) is 0 Å². The van der Waals surface area contributed by atoms with Gasteiger partial charge in [-0.2, -0.15) is 0 Å². The number of rotatable bonds is 2. The molecule has 0 amide bonds. The van der Waals surface area contributed by atoms with Crippen LogP contribution in [0, 0.1) is 17.8 Å². The minimum absolute atomic E-state index is 0.874. The highest BCUT2D eigenvalue weighted by Crippen LogP contribution is 2.47. The summed E-state index contributed by atoms with van der Waals surface area (Å²) in [5.74, 6) is 2.87. The molecule has 0 heterocycles. The zero-order valence-electron chi connectivity index (χ0n) is 5.72. The SMILES string of the molecule is CC1C(C)C1CCN. The van der Waals surface area contributed by atoms with Crippen LogP contribution < -0.4 is 5.73 Å². The van der Waals surface area contributed by atoms with Gasteiger partial charge < -0.3 is 5.73 Å². The van der Waals surface area contributed by atoms with Gasteiger partial charge in [-0.05, 0) is 30.7 Å². The van der Waals surface area contributed by atoms with Crippen molar-refractivity contribution in [1.29, 1.82) is 0 Å². The van der Waals surface area contributed by atoms with Crippen molar-refractivity contribution in [2.45, 2.75) is 20.3 Å². The summed E-state index contributed by atoms with van der Waals surface area (Å²) in [6.07, 6.45) is 1.24. The van der Waals surface area contributed by atoms with E-state index in [1.807, 2.05) is 0 Å². The van der Waals surface area contributed by atoms with Gasteiger partial charge in [0.05, 0.1) is 0 Å². The Labute approximate surface area is 51.3 Å². The average Bonchev–Trinajstić information content (AvgIpc) is 2.25. The summed E-state index contributed by atoms with van der Waals surface area (Å²) in [6.45, 7) is 5.50. The van der Waals surface area contributed by atoms with E-state index in [9.17, 15) is 0 Å². The van der Waals surface area contributed by atoms with E-state index in [0.29, 0.717) is 0 Å². The Morgan fingerprint density at radius 2 is 1.75 bits per heavy atom. The second-order valence-corrected chi connectivity index (χ2v) is 2.96. The van der Waals surface area contributed by atoms with Crippen LogP contribution in [-0.4, -0.2) is 6.54 Å². The molecule has 0 aromatic heterocycles. The Hall–Kier alpha value is -0.0400. The van der Waals surface area contributed by atoms with E-state index < -0.39 is 0 Å². The molecule has 1 nitrogen and oxygen atoms in total. The number of hydrogen-bond acceptors (Lipinski definition) is 1. The topological polar surface area (TPSA) is 26.0 Å². The molecular weight excluding hydrogens is 98.1 g/mol. The van der Waals surface area contributed by atoms with Crippen LogP contribution in [0.25, 0.3) is 0 Å². The van der Waals surface area contributed by atoms with E-state index in [1.54, 1.807) is 0 Å². The quantitative estimate of drug-likeness (QED) is 0.573. The third kappa shape index (κ3) is 0.873. The molecule has 8 heavy (non-hydrogen) atoms. The van der Waals surface area contributed by atoms with Crippen molar-refractivity contribution in [2.24, 2.45) is 23.5 Å². The fourth-order valence-corrected chi connectivity index (χ4v) is 1.48. The summed E-state index contributed by atoms with van der Waals surface area (Å²) in [7, 11) is 0. The fraction of sp³-hybridized carbons (Fsp3) is 1.00. The van der Waals surface area contributed by atoms with Crippen LogP contribution in [0.5, 0.6) is 0 Å². The lowest BCUT2D eigenvalue weighted by atomic mass is 10.2. The third-order valence-electron chi connectivity index (χ3n) is 2.54. The molecule has 0 aliphatic heterocycles. The molecule has 1 saturated carbocycles. The Bertz CT molecular complexity index is 72.5. The summed E-state index contributed by atoms with van der Waals surface area (Å²) < 4.78 is 0. The van der Waals surface area contributed by atoms with Crippen molar-refractivity contribution in [3.8, 4) is 0 Å². The summed E-state index contributed by atoms with van der Waals surface area (Å²) >= 11 is 0. The highest BCUT2D eigenvalue weighted by atomic mass is 14.6. The van der Waals surface area contributed by atoms with Crippen LogP contribution in [0.4, 0.5) is 0 Å². The predicted molar refractivity (Wildman–Crippen MR) is 35.5 cm³/mol. The first-order valence-corrected chi connectivity index (χ1v) is 3.47. The van der Waals surface area contributed by atoms with Gasteiger partial charge in [-0.25, -0.2) is 0 Å². The minimum atomic E-state index is 0.874. The molecular formula is C7H15N. The molecule has 1 heteroatoms. The standard InChI is InChI=1S/C7H15N/c1-5-6(2)7(5)3-4-8/h5-7H,3-4,8H2,1-2H3. The monoisotopic (exact) mass is 113 g/mol. The van der Waals surface area contributed by atoms with Gasteiger partial charge >= 0.3 is 0 Å².